The summed E-state index contributed by atoms with van der Waals surface area (Å²) >= 11 is 0. The number of piperazine rings is 1. The fraction of sp³-hybridized carbons (Fsp3) is 0.208. The number of carbonyl (C=O) groups is 1. The molecule has 1 aliphatic rings. The molecule has 1 heterocycles. The summed E-state index contributed by atoms with van der Waals surface area (Å²) in [6.07, 6.45) is 0. The first kappa shape index (κ1) is 18.2. The predicted octanol–water partition coefficient (Wildman–Crippen LogP) is 4.31. The van der Waals surface area contributed by atoms with Crippen LogP contribution in [0.4, 0.5) is 10.1 Å². The van der Waals surface area contributed by atoms with E-state index in [1.54, 1.807) is 12.1 Å². The summed E-state index contributed by atoms with van der Waals surface area (Å²) in [5, 5.41) is 0. The lowest BCUT2D eigenvalue weighted by Crippen LogP contribution is -2.50. The molecule has 28 heavy (non-hydrogen) atoms. The van der Waals surface area contributed by atoms with Crippen LogP contribution in [0.2, 0.25) is 0 Å². The largest absolute Gasteiger partial charge is 0.366 e. The van der Waals surface area contributed by atoms with Gasteiger partial charge in [-0.3, -0.25) is 4.79 Å². The molecule has 4 heteroatoms. The highest BCUT2D eigenvalue weighted by Gasteiger charge is 2.30. The minimum atomic E-state index is -0.317. The van der Waals surface area contributed by atoms with Crippen molar-refractivity contribution in [1.29, 1.82) is 0 Å². The second-order valence-corrected chi connectivity index (χ2v) is 7.02. The monoisotopic (exact) mass is 374 g/mol. The first-order valence-corrected chi connectivity index (χ1v) is 9.62. The van der Waals surface area contributed by atoms with E-state index in [1.165, 1.54) is 6.07 Å². The number of halogens is 1. The molecule has 3 aromatic rings. The molecule has 0 atom stereocenters. The van der Waals surface area contributed by atoms with Crippen LogP contribution >= 0.6 is 0 Å². The summed E-state index contributed by atoms with van der Waals surface area (Å²) in [5.41, 5.74) is 2.60. The Balaban J connectivity index is 1.53. The summed E-state index contributed by atoms with van der Waals surface area (Å²) < 4.78 is 14.1. The van der Waals surface area contributed by atoms with Crippen molar-refractivity contribution in [3.05, 3.63) is 102 Å². The lowest BCUT2D eigenvalue weighted by Gasteiger charge is -2.37. The van der Waals surface area contributed by atoms with Crippen molar-refractivity contribution < 1.29 is 9.18 Å². The maximum atomic E-state index is 14.1. The predicted molar refractivity (Wildman–Crippen MR) is 110 cm³/mol. The van der Waals surface area contributed by atoms with Gasteiger partial charge in [-0.05, 0) is 23.3 Å². The van der Waals surface area contributed by atoms with Crippen LogP contribution in [0, 0.1) is 5.82 Å². The summed E-state index contributed by atoms with van der Waals surface area (Å²) in [5.74, 6) is -0.429. The number of benzene rings is 3. The van der Waals surface area contributed by atoms with E-state index in [-0.39, 0.29) is 17.6 Å². The van der Waals surface area contributed by atoms with Gasteiger partial charge in [0.1, 0.15) is 5.82 Å². The summed E-state index contributed by atoms with van der Waals surface area (Å²) in [4.78, 5) is 17.4. The molecule has 1 saturated heterocycles. The Hall–Kier alpha value is -3.14. The molecule has 0 aliphatic carbocycles. The van der Waals surface area contributed by atoms with Gasteiger partial charge in [-0.1, -0.05) is 72.8 Å². The van der Waals surface area contributed by atoms with Crippen molar-refractivity contribution in [2.24, 2.45) is 0 Å². The number of anilines is 1. The van der Waals surface area contributed by atoms with Gasteiger partial charge in [-0.15, -0.1) is 0 Å². The molecule has 1 amide bonds. The van der Waals surface area contributed by atoms with Crippen LogP contribution in [0.5, 0.6) is 0 Å². The van der Waals surface area contributed by atoms with Crippen LogP contribution < -0.4 is 4.90 Å². The Morgan fingerprint density at radius 1 is 0.714 bits per heavy atom. The van der Waals surface area contributed by atoms with E-state index in [2.05, 4.69) is 0 Å². The van der Waals surface area contributed by atoms with Crippen molar-refractivity contribution in [3.8, 4) is 0 Å². The average Bonchev–Trinajstić information content (AvgIpc) is 2.76. The van der Waals surface area contributed by atoms with E-state index >= 15 is 0 Å². The van der Waals surface area contributed by atoms with Gasteiger partial charge in [0, 0.05) is 26.2 Å². The quantitative estimate of drug-likeness (QED) is 0.680. The maximum Gasteiger partial charge on any atom is 0.234 e. The summed E-state index contributed by atoms with van der Waals surface area (Å²) in [6.45, 7) is 2.43. The van der Waals surface area contributed by atoms with Crippen molar-refractivity contribution >= 4 is 11.6 Å². The number of hydrogen-bond acceptors (Lipinski definition) is 2. The van der Waals surface area contributed by atoms with Gasteiger partial charge in [0.2, 0.25) is 5.91 Å². The minimum absolute atomic E-state index is 0.102. The molecule has 1 aliphatic heterocycles. The fourth-order valence-electron chi connectivity index (χ4n) is 3.83. The number of amides is 1. The molecule has 0 aromatic heterocycles. The van der Waals surface area contributed by atoms with E-state index in [1.807, 2.05) is 76.5 Å². The standard InChI is InChI=1S/C24H23FN2O/c25-21-13-7-8-14-22(21)26-15-17-27(18-16-26)24(28)23(19-9-3-1-4-10-19)20-11-5-2-6-12-20/h1-14,23H,15-18H2. The second-order valence-electron chi connectivity index (χ2n) is 7.02. The molecular formula is C24H23FN2O. The van der Waals surface area contributed by atoms with Crippen LogP contribution in [0.1, 0.15) is 17.0 Å². The van der Waals surface area contributed by atoms with E-state index in [9.17, 15) is 9.18 Å². The first-order valence-electron chi connectivity index (χ1n) is 9.62. The minimum Gasteiger partial charge on any atom is -0.366 e. The molecule has 3 nitrogen and oxygen atoms in total. The number of rotatable bonds is 4. The smallest absolute Gasteiger partial charge is 0.234 e. The molecule has 0 spiro atoms. The Bertz CT molecular complexity index is 882. The van der Waals surface area contributed by atoms with Gasteiger partial charge in [0.05, 0.1) is 11.6 Å². The van der Waals surface area contributed by atoms with Crippen molar-refractivity contribution in [2.45, 2.75) is 5.92 Å². The molecule has 1 fully saturated rings. The van der Waals surface area contributed by atoms with E-state index in [4.69, 9.17) is 0 Å². The molecule has 0 saturated carbocycles. The second kappa shape index (κ2) is 8.26. The molecule has 0 N–H and O–H groups in total. The van der Waals surface area contributed by atoms with E-state index < -0.39 is 0 Å². The zero-order chi connectivity index (χ0) is 19.3. The van der Waals surface area contributed by atoms with Gasteiger partial charge < -0.3 is 9.80 Å². The number of carbonyl (C=O) groups excluding carboxylic acids is 1. The highest BCUT2D eigenvalue weighted by atomic mass is 19.1. The van der Waals surface area contributed by atoms with Gasteiger partial charge in [-0.25, -0.2) is 4.39 Å². The third-order valence-corrected chi connectivity index (χ3v) is 5.30. The normalized spacial score (nSPS) is 14.4. The number of nitrogens with zero attached hydrogens (tertiary/aromatic N) is 2. The molecule has 0 bridgehead atoms. The van der Waals surface area contributed by atoms with Crippen LogP contribution in [0.15, 0.2) is 84.9 Å². The van der Waals surface area contributed by atoms with Gasteiger partial charge in [-0.2, -0.15) is 0 Å². The van der Waals surface area contributed by atoms with Crippen molar-refractivity contribution in [1.82, 2.24) is 4.90 Å². The van der Waals surface area contributed by atoms with Crippen LogP contribution in [0.25, 0.3) is 0 Å². The zero-order valence-corrected chi connectivity index (χ0v) is 15.7. The first-order chi connectivity index (χ1) is 13.7. The Kier molecular flexibility index (Phi) is 5.38. The average molecular weight is 374 g/mol. The number of para-hydroxylation sites is 1. The zero-order valence-electron chi connectivity index (χ0n) is 15.7. The molecule has 4 rings (SSSR count). The molecule has 142 valence electrons. The molecule has 0 radical (unpaired) electrons. The topological polar surface area (TPSA) is 23.6 Å². The molecule has 3 aromatic carbocycles. The highest BCUT2D eigenvalue weighted by Crippen LogP contribution is 2.28. The van der Waals surface area contributed by atoms with E-state index in [0.29, 0.717) is 31.9 Å². The Morgan fingerprint density at radius 2 is 1.21 bits per heavy atom. The van der Waals surface area contributed by atoms with Gasteiger partial charge >= 0.3 is 0 Å². The lowest BCUT2D eigenvalue weighted by atomic mass is 9.90. The number of hydrogen-bond donors (Lipinski definition) is 0. The maximum absolute atomic E-state index is 14.1. The van der Waals surface area contributed by atoms with Gasteiger partial charge in [0.25, 0.3) is 0 Å². The van der Waals surface area contributed by atoms with Crippen LogP contribution in [-0.4, -0.2) is 37.0 Å². The Morgan fingerprint density at radius 3 is 1.75 bits per heavy atom. The summed E-state index contributed by atoms with van der Waals surface area (Å²) in [6, 6.07) is 26.6. The SMILES string of the molecule is O=C(C(c1ccccc1)c1ccccc1)N1CCN(c2ccccc2F)CC1. The summed E-state index contributed by atoms with van der Waals surface area (Å²) in [7, 11) is 0. The Labute approximate surface area is 165 Å². The van der Waals surface area contributed by atoms with Crippen LogP contribution in [-0.2, 0) is 4.79 Å². The third kappa shape index (κ3) is 3.77. The molecule has 0 unspecified atom stereocenters. The van der Waals surface area contributed by atoms with Crippen molar-refractivity contribution in [3.63, 3.8) is 0 Å². The highest BCUT2D eigenvalue weighted by molar-refractivity contribution is 5.87. The lowest BCUT2D eigenvalue weighted by molar-refractivity contribution is -0.132. The fourth-order valence-corrected chi connectivity index (χ4v) is 3.83. The molecular weight excluding hydrogens is 351 g/mol. The third-order valence-electron chi connectivity index (χ3n) is 5.30. The van der Waals surface area contributed by atoms with Gasteiger partial charge in [0.15, 0.2) is 0 Å². The van der Waals surface area contributed by atoms with E-state index in [0.717, 1.165) is 11.1 Å². The van der Waals surface area contributed by atoms with Crippen LogP contribution in [0.3, 0.4) is 0 Å². The van der Waals surface area contributed by atoms with Crippen molar-refractivity contribution in [2.75, 3.05) is 31.1 Å².